The van der Waals surface area contributed by atoms with Crippen LogP contribution in [-0.2, 0) is 0 Å². The van der Waals surface area contributed by atoms with E-state index in [0.29, 0.717) is 12.0 Å². The number of hydrogen-bond donors (Lipinski definition) is 1. The quantitative estimate of drug-likeness (QED) is 0.573. The maximum atomic E-state index is 10.3. The molecule has 0 saturated heterocycles. The molecule has 0 aliphatic carbocycles. The Labute approximate surface area is 76.0 Å². The largest absolute Gasteiger partial charge is 0.388 e. The molecule has 0 aliphatic heterocycles. The number of nitro benzene ring substituents is 1. The summed E-state index contributed by atoms with van der Waals surface area (Å²) >= 11 is 0. The number of nitro groups is 1. The van der Waals surface area contributed by atoms with Crippen molar-refractivity contribution in [1.82, 2.24) is 0 Å². The number of benzene rings is 1. The Bertz CT molecular complexity index is 294. The zero-order valence-electron chi connectivity index (χ0n) is 7.30. The zero-order chi connectivity index (χ0) is 9.84. The fraction of sp³-hybridized carbons (Fsp3) is 0.333. The third kappa shape index (κ3) is 2.26. The minimum absolute atomic E-state index is 0.0482. The van der Waals surface area contributed by atoms with Crippen LogP contribution in [0.15, 0.2) is 24.3 Å². The Morgan fingerprint density at radius 1 is 1.46 bits per heavy atom. The van der Waals surface area contributed by atoms with Gasteiger partial charge in [0.2, 0.25) is 0 Å². The van der Waals surface area contributed by atoms with Gasteiger partial charge >= 0.3 is 0 Å². The first-order valence-electron chi connectivity index (χ1n) is 4.07. The number of rotatable bonds is 3. The Balaban J connectivity index is 2.87. The first-order valence-corrected chi connectivity index (χ1v) is 4.07. The van der Waals surface area contributed by atoms with Crippen LogP contribution in [0, 0.1) is 10.1 Å². The van der Waals surface area contributed by atoms with Crippen LogP contribution in [0.2, 0.25) is 0 Å². The number of nitrogens with zero attached hydrogens (tertiary/aromatic N) is 1. The second-order valence-corrected chi connectivity index (χ2v) is 2.77. The van der Waals surface area contributed by atoms with Gasteiger partial charge in [-0.3, -0.25) is 10.1 Å². The van der Waals surface area contributed by atoms with E-state index >= 15 is 0 Å². The molecule has 4 nitrogen and oxygen atoms in total. The van der Waals surface area contributed by atoms with Crippen LogP contribution in [-0.4, -0.2) is 10.0 Å². The van der Waals surface area contributed by atoms with Gasteiger partial charge in [-0.25, -0.2) is 0 Å². The van der Waals surface area contributed by atoms with E-state index in [4.69, 9.17) is 0 Å². The Morgan fingerprint density at radius 3 is 2.38 bits per heavy atom. The summed E-state index contributed by atoms with van der Waals surface area (Å²) in [5.41, 5.74) is 0.764. The number of hydrogen-bond acceptors (Lipinski definition) is 3. The van der Waals surface area contributed by atoms with Gasteiger partial charge in [-0.1, -0.05) is 6.92 Å². The van der Waals surface area contributed by atoms with Crippen LogP contribution >= 0.6 is 0 Å². The van der Waals surface area contributed by atoms with Gasteiger partial charge in [-0.2, -0.15) is 0 Å². The summed E-state index contributed by atoms with van der Waals surface area (Å²) in [6.07, 6.45) is 0.0819. The molecule has 0 fully saturated rings. The van der Waals surface area contributed by atoms with E-state index in [9.17, 15) is 15.2 Å². The molecular weight excluding hydrogens is 170 g/mol. The number of aliphatic hydroxyl groups excluding tert-OH is 1. The van der Waals surface area contributed by atoms with Crippen LogP contribution in [0.3, 0.4) is 0 Å². The fourth-order valence-corrected chi connectivity index (χ4v) is 1.05. The van der Waals surface area contributed by atoms with E-state index in [0.717, 1.165) is 0 Å². The molecule has 1 atom stereocenters. The standard InChI is InChI=1S/C9H11NO3/c1-2-9(11)7-3-5-8(6-4-7)10(12)13/h3-6,9,11H,2H2,1H3. The molecule has 0 aromatic heterocycles. The van der Waals surface area contributed by atoms with Crippen molar-refractivity contribution < 1.29 is 10.0 Å². The molecule has 0 aliphatic rings. The summed E-state index contributed by atoms with van der Waals surface area (Å²) in [4.78, 5) is 9.84. The molecule has 70 valence electrons. The van der Waals surface area contributed by atoms with Crippen molar-refractivity contribution in [2.24, 2.45) is 0 Å². The van der Waals surface area contributed by atoms with Gasteiger partial charge < -0.3 is 5.11 Å². The highest BCUT2D eigenvalue weighted by Crippen LogP contribution is 2.19. The predicted octanol–water partition coefficient (Wildman–Crippen LogP) is 2.04. The second kappa shape index (κ2) is 4.00. The van der Waals surface area contributed by atoms with Crippen LogP contribution in [0.25, 0.3) is 0 Å². The lowest BCUT2D eigenvalue weighted by molar-refractivity contribution is -0.384. The van der Waals surface area contributed by atoms with Gasteiger partial charge in [0.25, 0.3) is 5.69 Å². The highest BCUT2D eigenvalue weighted by atomic mass is 16.6. The van der Waals surface area contributed by atoms with Gasteiger partial charge in [-0.15, -0.1) is 0 Å². The fourth-order valence-electron chi connectivity index (χ4n) is 1.05. The van der Waals surface area contributed by atoms with Crippen molar-refractivity contribution in [2.45, 2.75) is 19.4 Å². The van der Waals surface area contributed by atoms with E-state index in [1.807, 2.05) is 6.92 Å². The van der Waals surface area contributed by atoms with E-state index < -0.39 is 11.0 Å². The maximum absolute atomic E-state index is 10.3. The monoisotopic (exact) mass is 181 g/mol. The number of non-ortho nitro benzene ring substituents is 1. The summed E-state index contributed by atoms with van der Waals surface area (Å²) in [7, 11) is 0. The van der Waals surface area contributed by atoms with Crippen molar-refractivity contribution in [3.8, 4) is 0 Å². The maximum Gasteiger partial charge on any atom is 0.269 e. The molecule has 0 amide bonds. The second-order valence-electron chi connectivity index (χ2n) is 2.77. The van der Waals surface area contributed by atoms with Gasteiger partial charge in [0.15, 0.2) is 0 Å². The Kier molecular flexibility index (Phi) is 2.97. The molecule has 0 heterocycles. The predicted molar refractivity (Wildman–Crippen MR) is 48.3 cm³/mol. The minimum Gasteiger partial charge on any atom is -0.388 e. The third-order valence-corrected chi connectivity index (χ3v) is 1.88. The molecule has 0 bridgehead atoms. The summed E-state index contributed by atoms with van der Waals surface area (Å²) < 4.78 is 0. The van der Waals surface area contributed by atoms with E-state index in [1.54, 1.807) is 12.1 Å². The highest BCUT2D eigenvalue weighted by molar-refractivity contribution is 5.33. The number of aliphatic hydroxyl groups is 1. The molecule has 0 radical (unpaired) electrons. The van der Waals surface area contributed by atoms with Crippen molar-refractivity contribution in [3.05, 3.63) is 39.9 Å². The first-order chi connectivity index (χ1) is 6.15. The van der Waals surface area contributed by atoms with Crippen molar-refractivity contribution >= 4 is 5.69 Å². The van der Waals surface area contributed by atoms with E-state index in [1.165, 1.54) is 12.1 Å². The minimum atomic E-state index is -0.527. The lowest BCUT2D eigenvalue weighted by atomic mass is 10.1. The van der Waals surface area contributed by atoms with Gasteiger partial charge in [-0.05, 0) is 24.1 Å². The van der Waals surface area contributed by atoms with Crippen LogP contribution < -0.4 is 0 Å². The normalized spacial score (nSPS) is 12.5. The lowest BCUT2D eigenvalue weighted by Crippen LogP contribution is -1.95. The molecule has 1 aromatic carbocycles. The molecule has 1 N–H and O–H groups in total. The first kappa shape index (κ1) is 9.67. The average Bonchev–Trinajstić information content (AvgIpc) is 2.17. The summed E-state index contributed by atoms with van der Waals surface area (Å²) in [6.45, 7) is 1.85. The van der Waals surface area contributed by atoms with Crippen molar-refractivity contribution in [1.29, 1.82) is 0 Å². The Morgan fingerprint density at radius 2 is 2.00 bits per heavy atom. The van der Waals surface area contributed by atoms with Crippen LogP contribution in [0.4, 0.5) is 5.69 Å². The lowest BCUT2D eigenvalue weighted by Gasteiger charge is -2.06. The van der Waals surface area contributed by atoms with Gasteiger partial charge in [0.05, 0.1) is 11.0 Å². The zero-order valence-corrected chi connectivity index (χ0v) is 7.30. The highest BCUT2D eigenvalue weighted by Gasteiger charge is 2.07. The molecule has 4 heteroatoms. The topological polar surface area (TPSA) is 63.4 Å². The molecule has 0 saturated carbocycles. The van der Waals surface area contributed by atoms with Crippen LogP contribution in [0.1, 0.15) is 25.0 Å². The van der Waals surface area contributed by atoms with Crippen molar-refractivity contribution in [2.75, 3.05) is 0 Å². The molecular formula is C9H11NO3. The molecule has 1 rings (SSSR count). The molecule has 0 spiro atoms. The van der Waals surface area contributed by atoms with Crippen LogP contribution in [0.5, 0.6) is 0 Å². The smallest absolute Gasteiger partial charge is 0.269 e. The molecule has 1 aromatic rings. The van der Waals surface area contributed by atoms with Gasteiger partial charge in [0.1, 0.15) is 0 Å². The van der Waals surface area contributed by atoms with Crippen molar-refractivity contribution in [3.63, 3.8) is 0 Å². The summed E-state index contributed by atoms with van der Waals surface area (Å²) in [5.74, 6) is 0. The average molecular weight is 181 g/mol. The third-order valence-electron chi connectivity index (χ3n) is 1.88. The van der Waals surface area contributed by atoms with Gasteiger partial charge in [0, 0.05) is 12.1 Å². The Hall–Kier alpha value is -1.42. The van der Waals surface area contributed by atoms with E-state index in [2.05, 4.69) is 0 Å². The molecule has 1 unspecified atom stereocenters. The van der Waals surface area contributed by atoms with E-state index in [-0.39, 0.29) is 5.69 Å². The summed E-state index contributed by atoms with van der Waals surface area (Å²) in [6, 6.07) is 5.95. The molecule has 13 heavy (non-hydrogen) atoms. The summed E-state index contributed by atoms with van der Waals surface area (Å²) in [5, 5.41) is 19.7. The SMILES string of the molecule is CCC(O)c1ccc([N+](=O)[O-])cc1.